The fourth-order valence-electron chi connectivity index (χ4n) is 3.91. The van der Waals surface area contributed by atoms with Gasteiger partial charge in [-0.3, -0.25) is 14.5 Å². The molecule has 8 heteroatoms. The average molecular weight is 430 g/mol. The van der Waals surface area contributed by atoms with E-state index in [1.54, 1.807) is 42.5 Å². The minimum Gasteiger partial charge on any atom is -0.465 e. The van der Waals surface area contributed by atoms with Crippen molar-refractivity contribution < 1.29 is 23.1 Å². The predicted molar refractivity (Wildman–Crippen MR) is 113 cm³/mol. The third-order valence-corrected chi connectivity index (χ3v) is 5.38. The Labute approximate surface area is 180 Å². The Morgan fingerprint density at radius 2 is 1.88 bits per heavy atom. The zero-order valence-electron chi connectivity index (χ0n) is 16.7. The molecule has 0 saturated heterocycles. The fraction of sp³-hybridized carbons (Fsp3) is 0.0833. The van der Waals surface area contributed by atoms with Gasteiger partial charge in [0, 0.05) is 6.20 Å². The van der Waals surface area contributed by atoms with Gasteiger partial charge in [0.1, 0.15) is 17.2 Å². The minimum atomic E-state index is -0.872. The van der Waals surface area contributed by atoms with E-state index < -0.39 is 29.2 Å². The van der Waals surface area contributed by atoms with Crippen LogP contribution in [0.25, 0.3) is 11.0 Å². The summed E-state index contributed by atoms with van der Waals surface area (Å²) in [5.41, 5.74) is 0.571. The van der Waals surface area contributed by atoms with Gasteiger partial charge in [-0.1, -0.05) is 18.2 Å². The molecule has 5 rings (SSSR count). The van der Waals surface area contributed by atoms with Crippen molar-refractivity contribution in [2.24, 2.45) is 0 Å². The number of carbonyl (C=O) groups is 2. The number of fused-ring (bicyclic) bond motifs is 2. The Kier molecular flexibility index (Phi) is 4.55. The standard InChI is InChI=1S/C24H15FN2O5/c1-31-24(30)14-7-5-13(6-8-14)20-19-21(28)16-12-15(25)9-10-17(16)32-22(19)23(29)27(20)18-4-2-3-11-26-18/h2-12,20H,1H3/t20-/m1/s1. The summed E-state index contributed by atoms with van der Waals surface area (Å²) in [6, 6.07) is 14.1. The average Bonchev–Trinajstić information content (AvgIpc) is 3.12. The predicted octanol–water partition coefficient (Wildman–Crippen LogP) is 3.86. The van der Waals surface area contributed by atoms with Gasteiger partial charge in [0.25, 0.3) is 5.91 Å². The summed E-state index contributed by atoms with van der Waals surface area (Å²) in [5.74, 6) is -1.44. The lowest BCUT2D eigenvalue weighted by molar-refractivity contribution is 0.0600. The molecule has 2 aromatic heterocycles. The lowest BCUT2D eigenvalue weighted by Crippen LogP contribution is -2.30. The van der Waals surface area contributed by atoms with Crippen LogP contribution in [-0.4, -0.2) is 24.0 Å². The zero-order valence-corrected chi connectivity index (χ0v) is 16.7. The quantitative estimate of drug-likeness (QED) is 0.459. The molecule has 0 N–H and O–H groups in total. The fourth-order valence-corrected chi connectivity index (χ4v) is 3.91. The van der Waals surface area contributed by atoms with Gasteiger partial charge >= 0.3 is 5.97 Å². The number of ether oxygens (including phenoxy) is 1. The third-order valence-electron chi connectivity index (χ3n) is 5.38. The van der Waals surface area contributed by atoms with Crippen LogP contribution in [0.3, 0.4) is 0 Å². The van der Waals surface area contributed by atoms with Crippen LogP contribution in [0.1, 0.15) is 38.1 Å². The van der Waals surface area contributed by atoms with Crippen LogP contribution < -0.4 is 10.3 Å². The van der Waals surface area contributed by atoms with Crippen LogP contribution in [0.15, 0.2) is 76.1 Å². The zero-order chi connectivity index (χ0) is 22.4. The SMILES string of the molecule is COC(=O)c1ccc([C@@H]2c3c(oc4ccc(F)cc4c3=O)C(=O)N2c2ccccn2)cc1. The molecule has 0 aliphatic carbocycles. The van der Waals surface area contributed by atoms with Gasteiger partial charge in [-0.15, -0.1) is 0 Å². The first-order valence-corrected chi connectivity index (χ1v) is 9.68. The number of halogens is 1. The van der Waals surface area contributed by atoms with E-state index in [0.717, 1.165) is 12.1 Å². The number of aromatic nitrogens is 1. The van der Waals surface area contributed by atoms with E-state index in [-0.39, 0.29) is 22.3 Å². The van der Waals surface area contributed by atoms with Gasteiger partial charge in [-0.25, -0.2) is 14.2 Å². The number of anilines is 1. The molecule has 32 heavy (non-hydrogen) atoms. The summed E-state index contributed by atoms with van der Waals surface area (Å²) in [5, 5.41) is 0.0376. The number of nitrogens with zero attached hydrogens (tertiary/aromatic N) is 2. The second-order valence-corrected chi connectivity index (χ2v) is 7.19. The molecule has 3 heterocycles. The minimum absolute atomic E-state index is 0.0376. The second kappa shape index (κ2) is 7.42. The van der Waals surface area contributed by atoms with Gasteiger partial charge in [-0.2, -0.15) is 0 Å². The van der Waals surface area contributed by atoms with Crippen molar-refractivity contribution in [1.82, 2.24) is 4.98 Å². The van der Waals surface area contributed by atoms with Crippen molar-refractivity contribution in [2.75, 3.05) is 12.0 Å². The smallest absolute Gasteiger partial charge is 0.337 e. The second-order valence-electron chi connectivity index (χ2n) is 7.19. The van der Waals surface area contributed by atoms with Crippen LogP contribution >= 0.6 is 0 Å². The van der Waals surface area contributed by atoms with E-state index in [4.69, 9.17) is 9.15 Å². The Hall–Kier alpha value is -4.33. The molecule has 0 radical (unpaired) electrons. The summed E-state index contributed by atoms with van der Waals surface area (Å²) >= 11 is 0. The number of methoxy groups -OCH3 is 1. The molecule has 1 amide bonds. The number of benzene rings is 2. The highest BCUT2D eigenvalue weighted by Gasteiger charge is 2.44. The maximum atomic E-state index is 13.8. The largest absolute Gasteiger partial charge is 0.465 e. The summed E-state index contributed by atoms with van der Waals surface area (Å²) in [6.07, 6.45) is 1.53. The van der Waals surface area contributed by atoms with Gasteiger partial charge in [-0.05, 0) is 48.0 Å². The van der Waals surface area contributed by atoms with Gasteiger partial charge in [0.15, 0.2) is 5.43 Å². The van der Waals surface area contributed by atoms with Crippen molar-refractivity contribution in [3.63, 3.8) is 0 Å². The monoisotopic (exact) mass is 430 g/mol. The number of esters is 1. The van der Waals surface area contributed by atoms with E-state index in [1.165, 1.54) is 24.3 Å². The highest BCUT2D eigenvalue weighted by molar-refractivity contribution is 6.10. The normalized spacial score (nSPS) is 15.1. The van der Waals surface area contributed by atoms with Crippen LogP contribution in [0.4, 0.5) is 10.2 Å². The molecule has 7 nitrogen and oxygen atoms in total. The number of hydrogen-bond acceptors (Lipinski definition) is 6. The molecule has 1 aliphatic heterocycles. The summed E-state index contributed by atoms with van der Waals surface area (Å²) in [7, 11) is 1.28. The molecule has 0 saturated carbocycles. The van der Waals surface area contributed by atoms with Gasteiger partial charge < -0.3 is 9.15 Å². The lowest BCUT2D eigenvalue weighted by Gasteiger charge is -2.24. The topological polar surface area (TPSA) is 89.7 Å². The molecular formula is C24H15FN2O5. The highest BCUT2D eigenvalue weighted by Crippen LogP contribution is 2.40. The Bertz CT molecular complexity index is 1430. The molecule has 1 aliphatic rings. The van der Waals surface area contributed by atoms with Crippen LogP contribution in [0.5, 0.6) is 0 Å². The summed E-state index contributed by atoms with van der Waals surface area (Å²) in [4.78, 5) is 44.2. The first kappa shape index (κ1) is 19.6. The molecule has 0 spiro atoms. The highest BCUT2D eigenvalue weighted by atomic mass is 19.1. The first-order chi connectivity index (χ1) is 15.5. The van der Waals surface area contributed by atoms with E-state index in [2.05, 4.69) is 4.98 Å². The molecule has 0 bridgehead atoms. The molecular weight excluding hydrogens is 415 g/mol. The molecule has 0 fully saturated rings. The van der Waals surface area contributed by atoms with Crippen molar-refractivity contribution in [3.8, 4) is 0 Å². The Morgan fingerprint density at radius 1 is 1.09 bits per heavy atom. The number of pyridine rings is 1. The first-order valence-electron chi connectivity index (χ1n) is 9.68. The van der Waals surface area contributed by atoms with Crippen LogP contribution in [-0.2, 0) is 4.74 Å². The van der Waals surface area contributed by atoms with E-state index in [0.29, 0.717) is 16.9 Å². The van der Waals surface area contributed by atoms with Crippen molar-refractivity contribution in [2.45, 2.75) is 6.04 Å². The van der Waals surface area contributed by atoms with Crippen molar-refractivity contribution >= 4 is 28.7 Å². The summed E-state index contributed by atoms with van der Waals surface area (Å²) in [6.45, 7) is 0. The lowest BCUT2D eigenvalue weighted by atomic mass is 9.97. The molecule has 0 unspecified atom stereocenters. The van der Waals surface area contributed by atoms with Gasteiger partial charge in [0.2, 0.25) is 5.76 Å². The Balaban J connectivity index is 1.76. The van der Waals surface area contributed by atoms with Crippen LogP contribution in [0, 0.1) is 5.82 Å². The maximum absolute atomic E-state index is 13.8. The van der Waals surface area contributed by atoms with Crippen LogP contribution in [0.2, 0.25) is 0 Å². The molecule has 158 valence electrons. The molecule has 1 atom stereocenters. The number of amides is 1. The molecule has 4 aromatic rings. The van der Waals surface area contributed by atoms with Gasteiger partial charge in [0.05, 0.1) is 29.7 Å². The van der Waals surface area contributed by atoms with E-state index >= 15 is 0 Å². The Morgan fingerprint density at radius 3 is 2.56 bits per heavy atom. The van der Waals surface area contributed by atoms with E-state index in [1.807, 2.05) is 0 Å². The number of hydrogen-bond donors (Lipinski definition) is 0. The summed E-state index contributed by atoms with van der Waals surface area (Å²) < 4.78 is 24.4. The van der Waals surface area contributed by atoms with Crippen molar-refractivity contribution in [1.29, 1.82) is 0 Å². The van der Waals surface area contributed by atoms with Crippen molar-refractivity contribution in [3.05, 3.63) is 105 Å². The maximum Gasteiger partial charge on any atom is 0.337 e. The number of rotatable bonds is 3. The van der Waals surface area contributed by atoms with E-state index in [9.17, 15) is 18.8 Å². The molecule has 2 aromatic carbocycles. The number of carbonyl (C=O) groups excluding carboxylic acids is 2. The third kappa shape index (κ3) is 2.96.